The van der Waals surface area contributed by atoms with E-state index in [1.54, 1.807) is 0 Å². The first-order valence-corrected chi connectivity index (χ1v) is 8.07. The van der Waals surface area contributed by atoms with Crippen molar-refractivity contribution in [1.82, 2.24) is 15.1 Å². The standard InChI is InChI=1S/C15H27N3O/c19-15(17-10-3-7-16-8-11-17)12-18-9-2-5-13-4-1-6-14(13)18/h13-14,16H,1-12H2. The highest BCUT2D eigenvalue weighted by molar-refractivity contribution is 5.78. The van der Waals surface area contributed by atoms with Crippen LogP contribution in [-0.2, 0) is 4.79 Å². The SMILES string of the molecule is O=C(CN1CCCC2CCCC21)N1CCCNCC1. The van der Waals surface area contributed by atoms with Crippen LogP contribution >= 0.6 is 0 Å². The number of fused-ring (bicyclic) bond motifs is 1. The summed E-state index contributed by atoms with van der Waals surface area (Å²) >= 11 is 0. The van der Waals surface area contributed by atoms with E-state index < -0.39 is 0 Å². The number of hydrogen-bond donors (Lipinski definition) is 1. The number of rotatable bonds is 2. The number of nitrogens with zero attached hydrogens (tertiary/aromatic N) is 2. The zero-order valence-electron chi connectivity index (χ0n) is 11.9. The van der Waals surface area contributed by atoms with Gasteiger partial charge in [-0.25, -0.2) is 0 Å². The minimum atomic E-state index is 0.358. The van der Waals surface area contributed by atoms with Crippen LogP contribution in [0.1, 0.15) is 38.5 Å². The van der Waals surface area contributed by atoms with Crippen molar-refractivity contribution >= 4 is 5.91 Å². The van der Waals surface area contributed by atoms with Crippen LogP contribution in [-0.4, -0.2) is 61.0 Å². The molecule has 19 heavy (non-hydrogen) atoms. The van der Waals surface area contributed by atoms with Gasteiger partial charge in [-0.15, -0.1) is 0 Å². The molecule has 3 rings (SSSR count). The first-order valence-electron chi connectivity index (χ1n) is 8.07. The highest BCUT2D eigenvalue weighted by Gasteiger charge is 2.36. The Labute approximate surface area is 116 Å². The monoisotopic (exact) mass is 265 g/mol. The molecule has 2 aliphatic heterocycles. The fourth-order valence-corrected chi connectivity index (χ4v) is 4.12. The van der Waals surface area contributed by atoms with Gasteiger partial charge >= 0.3 is 0 Å². The molecule has 2 heterocycles. The van der Waals surface area contributed by atoms with Crippen LogP contribution < -0.4 is 5.32 Å². The number of piperidine rings is 1. The van der Waals surface area contributed by atoms with Gasteiger partial charge in [-0.05, 0) is 51.1 Å². The quantitative estimate of drug-likeness (QED) is 0.811. The average molecular weight is 265 g/mol. The highest BCUT2D eigenvalue weighted by atomic mass is 16.2. The van der Waals surface area contributed by atoms with Gasteiger partial charge in [0.05, 0.1) is 6.54 Å². The lowest BCUT2D eigenvalue weighted by Crippen LogP contribution is -2.49. The molecule has 0 radical (unpaired) electrons. The predicted octanol–water partition coefficient (Wildman–Crippen LogP) is 1.07. The van der Waals surface area contributed by atoms with Crippen molar-refractivity contribution in [3.63, 3.8) is 0 Å². The smallest absolute Gasteiger partial charge is 0.236 e. The maximum Gasteiger partial charge on any atom is 0.236 e. The first kappa shape index (κ1) is 13.4. The first-order chi connectivity index (χ1) is 9.34. The number of amides is 1. The molecule has 4 nitrogen and oxygen atoms in total. The third-order valence-corrected chi connectivity index (χ3v) is 5.14. The van der Waals surface area contributed by atoms with Gasteiger partial charge in [0.25, 0.3) is 0 Å². The second kappa shape index (κ2) is 6.23. The molecule has 108 valence electrons. The maximum absolute atomic E-state index is 12.5. The second-order valence-corrected chi connectivity index (χ2v) is 6.36. The fourth-order valence-electron chi connectivity index (χ4n) is 4.12. The third kappa shape index (κ3) is 3.11. The Morgan fingerprint density at radius 1 is 1.00 bits per heavy atom. The minimum Gasteiger partial charge on any atom is -0.340 e. The summed E-state index contributed by atoms with van der Waals surface area (Å²) in [6, 6.07) is 0.711. The molecule has 0 spiro atoms. The predicted molar refractivity (Wildman–Crippen MR) is 76.0 cm³/mol. The summed E-state index contributed by atoms with van der Waals surface area (Å²) in [4.78, 5) is 17.0. The van der Waals surface area contributed by atoms with E-state index in [9.17, 15) is 4.79 Å². The molecule has 0 aromatic rings. The topological polar surface area (TPSA) is 35.6 Å². The zero-order chi connectivity index (χ0) is 13.1. The molecule has 3 aliphatic rings. The molecule has 0 aromatic carbocycles. The van der Waals surface area contributed by atoms with E-state index in [4.69, 9.17) is 0 Å². The van der Waals surface area contributed by atoms with E-state index >= 15 is 0 Å². The normalized spacial score (nSPS) is 32.9. The minimum absolute atomic E-state index is 0.358. The van der Waals surface area contributed by atoms with E-state index in [0.29, 0.717) is 18.5 Å². The molecule has 2 saturated heterocycles. The van der Waals surface area contributed by atoms with Crippen molar-refractivity contribution in [1.29, 1.82) is 0 Å². The zero-order valence-corrected chi connectivity index (χ0v) is 11.9. The fraction of sp³-hybridized carbons (Fsp3) is 0.933. The van der Waals surface area contributed by atoms with Crippen LogP contribution in [0.2, 0.25) is 0 Å². The molecule has 4 heteroatoms. The van der Waals surface area contributed by atoms with Crippen LogP contribution in [0.25, 0.3) is 0 Å². The Bertz CT molecular complexity index is 313. The van der Waals surface area contributed by atoms with Crippen molar-refractivity contribution in [3.05, 3.63) is 0 Å². The van der Waals surface area contributed by atoms with Crippen molar-refractivity contribution < 1.29 is 4.79 Å². The number of carbonyl (C=O) groups excluding carboxylic acids is 1. The van der Waals surface area contributed by atoms with Crippen molar-refractivity contribution in [3.8, 4) is 0 Å². The van der Waals surface area contributed by atoms with Gasteiger partial charge in [-0.2, -0.15) is 0 Å². The van der Waals surface area contributed by atoms with E-state index in [0.717, 1.165) is 45.1 Å². The third-order valence-electron chi connectivity index (χ3n) is 5.14. The summed E-state index contributed by atoms with van der Waals surface area (Å²) in [5.74, 6) is 1.24. The Hall–Kier alpha value is -0.610. The largest absolute Gasteiger partial charge is 0.340 e. The lowest BCUT2D eigenvalue weighted by Gasteiger charge is -2.38. The number of likely N-dealkylation sites (tertiary alicyclic amines) is 1. The van der Waals surface area contributed by atoms with Gasteiger partial charge in [0, 0.05) is 25.7 Å². The molecule has 1 amide bonds. The molecule has 3 fully saturated rings. The van der Waals surface area contributed by atoms with Gasteiger partial charge in [0.15, 0.2) is 0 Å². The Morgan fingerprint density at radius 2 is 1.89 bits per heavy atom. The Morgan fingerprint density at radius 3 is 2.84 bits per heavy atom. The van der Waals surface area contributed by atoms with Crippen LogP contribution in [0.5, 0.6) is 0 Å². The van der Waals surface area contributed by atoms with E-state index in [-0.39, 0.29) is 0 Å². The average Bonchev–Trinajstić information content (AvgIpc) is 2.73. The van der Waals surface area contributed by atoms with E-state index in [2.05, 4.69) is 15.1 Å². The summed E-state index contributed by atoms with van der Waals surface area (Å²) in [5, 5.41) is 3.37. The molecule has 0 bridgehead atoms. The molecule has 1 aliphatic carbocycles. The Kier molecular flexibility index (Phi) is 4.38. The van der Waals surface area contributed by atoms with Gasteiger partial charge in [-0.3, -0.25) is 9.69 Å². The number of hydrogen-bond acceptors (Lipinski definition) is 3. The lowest BCUT2D eigenvalue weighted by molar-refractivity contribution is -0.133. The van der Waals surface area contributed by atoms with Crippen molar-refractivity contribution in [2.24, 2.45) is 5.92 Å². The van der Waals surface area contributed by atoms with Crippen molar-refractivity contribution in [2.75, 3.05) is 39.3 Å². The maximum atomic E-state index is 12.5. The van der Waals surface area contributed by atoms with Crippen LogP contribution in [0, 0.1) is 5.92 Å². The van der Waals surface area contributed by atoms with Gasteiger partial charge in [0.1, 0.15) is 0 Å². The van der Waals surface area contributed by atoms with Gasteiger partial charge in [0.2, 0.25) is 5.91 Å². The van der Waals surface area contributed by atoms with Gasteiger partial charge in [-0.1, -0.05) is 6.42 Å². The molecule has 1 N–H and O–H groups in total. The van der Waals surface area contributed by atoms with Crippen LogP contribution in [0.4, 0.5) is 0 Å². The summed E-state index contributed by atoms with van der Waals surface area (Å²) in [6.07, 6.45) is 7.85. The summed E-state index contributed by atoms with van der Waals surface area (Å²) in [6.45, 7) is 5.64. The van der Waals surface area contributed by atoms with E-state index in [1.807, 2.05) is 0 Å². The van der Waals surface area contributed by atoms with Crippen molar-refractivity contribution in [2.45, 2.75) is 44.6 Å². The second-order valence-electron chi connectivity index (χ2n) is 6.36. The number of carbonyl (C=O) groups is 1. The Balaban J connectivity index is 1.55. The molecule has 2 atom stereocenters. The lowest BCUT2D eigenvalue weighted by atomic mass is 9.92. The summed E-state index contributed by atoms with van der Waals surface area (Å²) in [5.41, 5.74) is 0. The molecular formula is C15H27N3O. The molecule has 2 unspecified atom stereocenters. The highest BCUT2D eigenvalue weighted by Crippen LogP contribution is 2.36. The molecule has 0 aromatic heterocycles. The number of nitrogens with one attached hydrogen (secondary N) is 1. The van der Waals surface area contributed by atoms with Crippen LogP contribution in [0.3, 0.4) is 0 Å². The molecular weight excluding hydrogens is 238 g/mol. The summed E-state index contributed by atoms with van der Waals surface area (Å²) < 4.78 is 0. The van der Waals surface area contributed by atoms with Gasteiger partial charge < -0.3 is 10.2 Å². The van der Waals surface area contributed by atoms with Crippen LogP contribution in [0.15, 0.2) is 0 Å². The molecule has 1 saturated carbocycles. The van der Waals surface area contributed by atoms with E-state index in [1.165, 1.54) is 32.1 Å². The summed E-state index contributed by atoms with van der Waals surface area (Å²) in [7, 11) is 0.